The molecule has 1 aliphatic heterocycles. The van der Waals surface area contributed by atoms with Crippen LogP contribution in [0.3, 0.4) is 0 Å². The lowest BCUT2D eigenvalue weighted by molar-refractivity contribution is -0.129. The van der Waals surface area contributed by atoms with Crippen LogP contribution in [0.1, 0.15) is 33.6 Å². The second kappa shape index (κ2) is 9.76. The van der Waals surface area contributed by atoms with E-state index in [1.807, 2.05) is 23.6 Å². The maximum absolute atomic E-state index is 11.7. The van der Waals surface area contributed by atoms with Crippen LogP contribution in [0, 0.1) is 0 Å². The van der Waals surface area contributed by atoms with Crippen LogP contribution in [-0.4, -0.2) is 60.5 Å². The van der Waals surface area contributed by atoms with Gasteiger partial charge in [-0.15, -0.1) is 24.0 Å². The lowest BCUT2D eigenvalue weighted by Gasteiger charge is -2.25. The van der Waals surface area contributed by atoms with Crippen molar-refractivity contribution in [1.29, 1.82) is 0 Å². The summed E-state index contributed by atoms with van der Waals surface area (Å²) in [5.74, 6) is 1.06. The molecule has 0 saturated carbocycles. The van der Waals surface area contributed by atoms with Crippen molar-refractivity contribution in [2.45, 2.75) is 44.4 Å². The van der Waals surface area contributed by atoms with Gasteiger partial charge in [-0.2, -0.15) is 11.8 Å². The SMILES string of the molecule is CCC(=O)N1CCC(NC(=NC)NCC(C)(C)SC)C1.I. The standard InChI is InChI=1S/C14H28N4OS.HI/c1-6-12(19)18-8-7-11(9-18)17-13(15-4)16-10-14(2,3)20-5;/h11H,6-10H2,1-5H3,(H2,15,16,17);1H. The third kappa shape index (κ3) is 7.08. The Balaban J connectivity index is 0.00000400. The van der Waals surface area contributed by atoms with Gasteiger partial charge < -0.3 is 15.5 Å². The number of rotatable bonds is 5. The molecule has 1 saturated heterocycles. The molecule has 1 unspecified atom stereocenters. The molecule has 0 aromatic heterocycles. The van der Waals surface area contributed by atoms with E-state index in [1.54, 1.807) is 7.05 Å². The highest BCUT2D eigenvalue weighted by molar-refractivity contribution is 14.0. The van der Waals surface area contributed by atoms with Gasteiger partial charge >= 0.3 is 0 Å². The van der Waals surface area contributed by atoms with Crippen LogP contribution in [-0.2, 0) is 4.79 Å². The van der Waals surface area contributed by atoms with E-state index < -0.39 is 0 Å². The monoisotopic (exact) mass is 428 g/mol. The number of hydrogen-bond acceptors (Lipinski definition) is 3. The van der Waals surface area contributed by atoms with Crippen molar-refractivity contribution in [2.24, 2.45) is 4.99 Å². The number of guanidine groups is 1. The van der Waals surface area contributed by atoms with Crippen LogP contribution in [0.2, 0.25) is 0 Å². The maximum atomic E-state index is 11.7. The van der Waals surface area contributed by atoms with Gasteiger partial charge in [0.15, 0.2) is 5.96 Å². The van der Waals surface area contributed by atoms with Gasteiger partial charge in [-0.1, -0.05) is 6.92 Å². The minimum atomic E-state index is 0. The zero-order valence-electron chi connectivity index (χ0n) is 13.7. The van der Waals surface area contributed by atoms with Gasteiger partial charge in [0.25, 0.3) is 0 Å². The molecular weight excluding hydrogens is 399 g/mol. The zero-order chi connectivity index (χ0) is 15.2. The topological polar surface area (TPSA) is 56.7 Å². The number of nitrogens with zero attached hydrogens (tertiary/aromatic N) is 2. The Morgan fingerprint density at radius 2 is 2.14 bits per heavy atom. The molecule has 0 radical (unpaired) electrons. The number of nitrogens with one attached hydrogen (secondary N) is 2. The van der Waals surface area contributed by atoms with Crippen molar-refractivity contribution in [3.63, 3.8) is 0 Å². The first-order valence-corrected chi connectivity index (χ1v) is 8.44. The van der Waals surface area contributed by atoms with E-state index in [0.717, 1.165) is 32.0 Å². The van der Waals surface area contributed by atoms with Gasteiger partial charge in [-0.25, -0.2) is 0 Å². The second-order valence-electron chi connectivity index (χ2n) is 5.71. The molecule has 1 rings (SSSR count). The van der Waals surface area contributed by atoms with E-state index in [2.05, 4.69) is 35.7 Å². The molecule has 124 valence electrons. The van der Waals surface area contributed by atoms with Gasteiger partial charge in [0.2, 0.25) is 5.91 Å². The van der Waals surface area contributed by atoms with Crippen molar-refractivity contribution in [2.75, 3.05) is 32.9 Å². The fraction of sp³-hybridized carbons (Fsp3) is 0.857. The summed E-state index contributed by atoms with van der Waals surface area (Å²) in [5, 5.41) is 6.77. The normalized spacial score (nSPS) is 19.2. The van der Waals surface area contributed by atoms with Gasteiger partial charge in [0.1, 0.15) is 0 Å². The number of amides is 1. The molecule has 0 bridgehead atoms. The summed E-state index contributed by atoms with van der Waals surface area (Å²) in [6.07, 6.45) is 3.68. The molecule has 2 N–H and O–H groups in total. The fourth-order valence-electron chi connectivity index (χ4n) is 2.08. The number of halogens is 1. The smallest absolute Gasteiger partial charge is 0.222 e. The number of carbonyl (C=O) groups is 1. The van der Waals surface area contributed by atoms with Crippen molar-refractivity contribution in [3.8, 4) is 0 Å². The summed E-state index contributed by atoms with van der Waals surface area (Å²) in [5.41, 5.74) is 0. The largest absolute Gasteiger partial charge is 0.355 e. The minimum Gasteiger partial charge on any atom is -0.355 e. The third-order valence-corrected chi connectivity index (χ3v) is 4.89. The Kier molecular flexibility index (Phi) is 9.68. The molecule has 0 aliphatic carbocycles. The Hall–Kier alpha value is -0.180. The van der Waals surface area contributed by atoms with E-state index in [-0.39, 0.29) is 34.6 Å². The summed E-state index contributed by atoms with van der Waals surface area (Å²) in [4.78, 5) is 17.8. The van der Waals surface area contributed by atoms with Crippen LogP contribution in [0.25, 0.3) is 0 Å². The van der Waals surface area contributed by atoms with Gasteiger partial charge in [0, 0.05) is 43.9 Å². The molecule has 7 heteroatoms. The predicted molar refractivity (Wildman–Crippen MR) is 103 cm³/mol. The number of aliphatic imine (C=N–C) groups is 1. The Bertz CT molecular complexity index is 363. The molecule has 0 spiro atoms. The highest BCUT2D eigenvalue weighted by Gasteiger charge is 2.26. The molecule has 1 amide bonds. The van der Waals surface area contributed by atoms with E-state index in [4.69, 9.17) is 0 Å². The van der Waals surface area contributed by atoms with E-state index in [9.17, 15) is 4.79 Å². The van der Waals surface area contributed by atoms with Gasteiger partial charge in [-0.05, 0) is 26.5 Å². The number of likely N-dealkylation sites (tertiary alicyclic amines) is 1. The Labute approximate surface area is 150 Å². The molecule has 1 fully saturated rings. The van der Waals surface area contributed by atoms with Crippen LogP contribution >= 0.6 is 35.7 Å². The summed E-state index contributed by atoms with van der Waals surface area (Å²) in [6, 6.07) is 0.300. The third-order valence-electron chi connectivity index (χ3n) is 3.64. The predicted octanol–water partition coefficient (Wildman–Crippen LogP) is 1.92. The number of thioether (sulfide) groups is 1. The first-order chi connectivity index (χ1) is 9.41. The summed E-state index contributed by atoms with van der Waals surface area (Å²) in [7, 11) is 1.78. The Morgan fingerprint density at radius 3 is 2.67 bits per heavy atom. The molecule has 1 atom stereocenters. The molecule has 21 heavy (non-hydrogen) atoms. The minimum absolute atomic E-state index is 0. The second-order valence-corrected chi connectivity index (χ2v) is 7.23. The van der Waals surface area contributed by atoms with Crippen molar-refractivity contribution >= 4 is 47.6 Å². The Morgan fingerprint density at radius 1 is 1.48 bits per heavy atom. The highest BCUT2D eigenvalue weighted by Crippen LogP contribution is 2.19. The molecule has 5 nitrogen and oxygen atoms in total. The number of hydrogen-bond donors (Lipinski definition) is 2. The van der Waals surface area contributed by atoms with Crippen LogP contribution < -0.4 is 10.6 Å². The van der Waals surface area contributed by atoms with Crippen molar-refractivity contribution < 1.29 is 4.79 Å². The van der Waals surface area contributed by atoms with Crippen LogP contribution in [0.4, 0.5) is 0 Å². The van der Waals surface area contributed by atoms with Gasteiger partial charge in [-0.3, -0.25) is 9.79 Å². The van der Waals surface area contributed by atoms with Gasteiger partial charge in [0.05, 0.1) is 0 Å². The number of carbonyl (C=O) groups excluding carboxylic acids is 1. The summed E-state index contributed by atoms with van der Waals surface area (Å²) < 4.78 is 0.178. The van der Waals surface area contributed by atoms with E-state index in [1.165, 1.54) is 0 Å². The first kappa shape index (κ1) is 20.8. The molecule has 1 heterocycles. The summed E-state index contributed by atoms with van der Waals surface area (Å²) in [6.45, 7) is 8.80. The lowest BCUT2D eigenvalue weighted by Crippen LogP contribution is -2.48. The first-order valence-electron chi connectivity index (χ1n) is 7.22. The highest BCUT2D eigenvalue weighted by atomic mass is 127. The van der Waals surface area contributed by atoms with Crippen molar-refractivity contribution in [1.82, 2.24) is 15.5 Å². The zero-order valence-corrected chi connectivity index (χ0v) is 16.9. The summed E-state index contributed by atoms with van der Waals surface area (Å²) >= 11 is 1.83. The fourth-order valence-corrected chi connectivity index (χ4v) is 2.30. The average molecular weight is 428 g/mol. The van der Waals surface area contributed by atoms with E-state index in [0.29, 0.717) is 12.5 Å². The van der Waals surface area contributed by atoms with Crippen LogP contribution in [0.5, 0.6) is 0 Å². The maximum Gasteiger partial charge on any atom is 0.222 e. The quantitative estimate of drug-likeness (QED) is 0.399. The molecular formula is C14H29IN4OS. The average Bonchev–Trinajstić information content (AvgIpc) is 2.91. The van der Waals surface area contributed by atoms with E-state index >= 15 is 0 Å². The lowest BCUT2D eigenvalue weighted by atomic mass is 10.2. The van der Waals surface area contributed by atoms with Crippen LogP contribution in [0.15, 0.2) is 4.99 Å². The molecule has 0 aromatic rings. The molecule has 0 aromatic carbocycles. The molecule has 1 aliphatic rings. The van der Waals surface area contributed by atoms with Crippen molar-refractivity contribution in [3.05, 3.63) is 0 Å².